The van der Waals surface area contributed by atoms with E-state index in [4.69, 9.17) is 4.74 Å². The molecule has 1 aliphatic carbocycles. The van der Waals surface area contributed by atoms with E-state index in [-0.39, 0.29) is 18.3 Å². The van der Waals surface area contributed by atoms with Gasteiger partial charge in [-0.05, 0) is 62.7 Å². The van der Waals surface area contributed by atoms with Crippen molar-refractivity contribution in [3.8, 4) is 5.75 Å². The van der Waals surface area contributed by atoms with Crippen LogP contribution in [0.4, 0.5) is 5.69 Å². The first-order valence-corrected chi connectivity index (χ1v) is 8.03. The lowest BCUT2D eigenvalue weighted by atomic mass is 10.0. The summed E-state index contributed by atoms with van der Waals surface area (Å²) in [6.45, 7) is 2.90. The number of hydrogen-bond acceptors (Lipinski definition) is 3. The Morgan fingerprint density at radius 3 is 2.77 bits per heavy atom. The third kappa shape index (κ3) is 5.18. The van der Waals surface area contributed by atoms with Gasteiger partial charge in [-0.2, -0.15) is 0 Å². The number of halogens is 1. The van der Waals surface area contributed by atoms with Crippen molar-refractivity contribution in [2.75, 3.05) is 25.0 Å². The number of hydrogen-bond donors (Lipinski definition) is 2. The zero-order valence-corrected chi connectivity index (χ0v) is 13.7. The SMILES string of the molecule is Cl.O=C(CCC1CCNC1)Nc1ccccc1OCC1CC1. The Hall–Kier alpha value is -1.26. The number of rotatable bonds is 7. The smallest absolute Gasteiger partial charge is 0.224 e. The summed E-state index contributed by atoms with van der Waals surface area (Å²) in [6.07, 6.45) is 5.27. The molecule has 0 spiro atoms. The van der Waals surface area contributed by atoms with E-state index in [0.717, 1.165) is 37.6 Å². The summed E-state index contributed by atoms with van der Waals surface area (Å²) in [5.41, 5.74) is 0.799. The predicted molar refractivity (Wildman–Crippen MR) is 90.7 cm³/mol. The molecule has 0 radical (unpaired) electrons. The zero-order valence-electron chi connectivity index (χ0n) is 12.8. The summed E-state index contributed by atoms with van der Waals surface area (Å²) >= 11 is 0. The maximum Gasteiger partial charge on any atom is 0.224 e. The Bertz CT molecular complexity index is 485. The Balaban J connectivity index is 0.00000176. The third-order valence-corrected chi connectivity index (χ3v) is 4.27. The lowest BCUT2D eigenvalue weighted by Gasteiger charge is -2.13. The first-order chi connectivity index (χ1) is 10.3. The lowest BCUT2D eigenvalue weighted by molar-refractivity contribution is -0.116. The minimum Gasteiger partial charge on any atom is -0.491 e. The van der Waals surface area contributed by atoms with Crippen molar-refractivity contribution >= 4 is 24.0 Å². The molecule has 2 aliphatic rings. The van der Waals surface area contributed by atoms with Crippen molar-refractivity contribution < 1.29 is 9.53 Å². The van der Waals surface area contributed by atoms with Gasteiger partial charge in [0, 0.05) is 6.42 Å². The number of carbonyl (C=O) groups excluding carboxylic acids is 1. The topological polar surface area (TPSA) is 50.4 Å². The molecule has 1 heterocycles. The molecule has 1 saturated carbocycles. The molecule has 22 heavy (non-hydrogen) atoms. The van der Waals surface area contributed by atoms with Gasteiger partial charge in [-0.25, -0.2) is 0 Å². The van der Waals surface area contributed by atoms with E-state index >= 15 is 0 Å². The van der Waals surface area contributed by atoms with Gasteiger partial charge in [0.15, 0.2) is 0 Å². The van der Waals surface area contributed by atoms with E-state index in [1.54, 1.807) is 0 Å². The Morgan fingerprint density at radius 1 is 1.23 bits per heavy atom. The molecule has 1 saturated heterocycles. The summed E-state index contributed by atoms with van der Waals surface area (Å²) in [7, 11) is 0. The van der Waals surface area contributed by atoms with Gasteiger partial charge in [0.2, 0.25) is 5.91 Å². The largest absolute Gasteiger partial charge is 0.491 e. The molecule has 4 nitrogen and oxygen atoms in total. The Morgan fingerprint density at radius 2 is 2.05 bits per heavy atom. The first-order valence-electron chi connectivity index (χ1n) is 8.03. The number of amides is 1. The van der Waals surface area contributed by atoms with E-state index in [2.05, 4.69) is 10.6 Å². The molecule has 3 rings (SSSR count). The molecule has 0 bridgehead atoms. The highest BCUT2D eigenvalue weighted by Crippen LogP contribution is 2.31. The highest BCUT2D eigenvalue weighted by atomic mass is 35.5. The molecular weight excluding hydrogens is 300 g/mol. The van der Waals surface area contributed by atoms with Crippen molar-refractivity contribution in [1.82, 2.24) is 5.32 Å². The van der Waals surface area contributed by atoms with Gasteiger partial charge in [0.1, 0.15) is 5.75 Å². The summed E-state index contributed by atoms with van der Waals surface area (Å²) in [4.78, 5) is 12.1. The van der Waals surface area contributed by atoms with Gasteiger partial charge in [0.25, 0.3) is 0 Å². The molecule has 0 aromatic heterocycles. The normalized spacial score (nSPS) is 20.3. The molecule has 1 atom stereocenters. The summed E-state index contributed by atoms with van der Waals surface area (Å²) < 4.78 is 5.82. The van der Waals surface area contributed by atoms with E-state index < -0.39 is 0 Å². The number of anilines is 1. The molecule has 2 N–H and O–H groups in total. The zero-order chi connectivity index (χ0) is 14.5. The number of ether oxygens (including phenoxy) is 1. The summed E-state index contributed by atoms with van der Waals surface area (Å²) in [6, 6.07) is 7.72. The van der Waals surface area contributed by atoms with Crippen molar-refractivity contribution in [3.05, 3.63) is 24.3 Å². The summed E-state index contributed by atoms with van der Waals surface area (Å²) in [5, 5.41) is 6.33. The van der Waals surface area contributed by atoms with Crippen LogP contribution in [-0.2, 0) is 4.79 Å². The molecule has 1 aromatic carbocycles. The van der Waals surface area contributed by atoms with Crippen LogP contribution in [0.15, 0.2) is 24.3 Å². The van der Waals surface area contributed by atoms with Crippen LogP contribution in [0.3, 0.4) is 0 Å². The highest BCUT2D eigenvalue weighted by Gasteiger charge is 2.22. The predicted octanol–water partition coefficient (Wildman–Crippen LogP) is 3.23. The monoisotopic (exact) mass is 324 g/mol. The van der Waals surface area contributed by atoms with Crippen LogP contribution in [-0.4, -0.2) is 25.6 Å². The quantitative estimate of drug-likeness (QED) is 0.809. The minimum absolute atomic E-state index is 0. The molecule has 1 aliphatic heterocycles. The summed E-state index contributed by atoms with van der Waals surface area (Å²) in [5.74, 6) is 2.24. The standard InChI is InChI=1S/C17H24N2O2.ClH/c20-17(8-7-13-9-10-18-11-13)19-15-3-1-2-4-16(15)21-12-14-5-6-14;/h1-4,13-14,18H,5-12H2,(H,19,20);1H. The fraction of sp³-hybridized carbons (Fsp3) is 0.588. The van der Waals surface area contributed by atoms with Gasteiger partial charge in [0.05, 0.1) is 12.3 Å². The maximum atomic E-state index is 12.1. The number of nitrogens with one attached hydrogen (secondary N) is 2. The van der Waals surface area contributed by atoms with Gasteiger partial charge in [-0.15, -0.1) is 12.4 Å². The van der Waals surface area contributed by atoms with E-state index in [9.17, 15) is 4.79 Å². The average Bonchev–Trinajstić information content (AvgIpc) is 3.18. The van der Waals surface area contributed by atoms with E-state index in [0.29, 0.717) is 18.3 Å². The van der Waals surface area contributed by atoms with Gasteiger partial charge in [-0.1, -0.05) is 12.1 Å². The van der Waals surface area contributed by atoms with Gasteiger partial charge < -0.3 is 15.4 Å². The van der Waals surface area contributed by atoms with Crippen LogP contribution in [0.1, 0.15) is 32.1 Å². The highest BCUT2D eigenvalue weighted by molar-refractivity contribution is 5.92. The van der Waals surface area contributed by atoms with Crippen molar-refractivity contribution in [3.63, 3.8) is 0 Å². The van der Waals surface area contributed by atoms with E-state index in [1.165, 1.54) is 19.3 Å². The number of benzene rings is 1. The van der Waals surface area contributed by atoms with Crippen LogP contribution in [0, 0.1) is 11.8 Å². The number of para-hydroxylation sites is 2. The minimum atomic E-state index is 0. The fourth-order valence-corrected chi connectivity index (χ4v) is 2.70. The Labute approximate surface area is 138 Å². The second-order valence-corrected chi connectivity index (χ2v) is 6.20. The average molecular weight is 325 g/mol. The van der Waals surface area contributed by atoms with Crippen LogP contribution >= 0.6 is 12.4 Å². The third-order valence-electron chi connectivity index (χ3n) is 4.27. The Kier molecular flexibility index (Phi) is 6.52. The van der Waals surface area contributed by atoms with E-state index in [1.807, 2.05) is 24.3 Å². The molecule has 2 fully saturated rings. The molecule has 5 heteroatoms. The molecule has 122 valence electrons. The molecule has 1 aromatic rings. The van der Waals surface area contributed by atoms with Gasteiger partial charge in [-0.3, -0.25) is 4.79 Å². The van der Waals surface area contributed by atoms with Crippen LogP contribution in [0.25, 0.3) is 0 Å². The van der Waals surface area contributed by atoms with Crippen molar-refractivity contribution in [2.24, 2.45) is 11.8 Å². The molecule has 1 amide bonds. The van der Waals surface area contributed by atoms with Crippen LogP contribution in [0.5, 0.6) is 5.75 Å². The molecular formula is C17H25ClN2O2. The van der Waals surface area contributed by atoms with Crippen molar-refractivity contribution in [2.45, 2.75) is 32.1 Å². The molecule has 1 unspecified atom stereocenters. The second kappa shape index (κ2) is 8.39. The second-order valence-electron chi connectivity index (χ2n) is 6.20. The number of carbonyl (C=O) groups is 1. The van der Waals surface area contributed by atoms with Gasteiger partial charge >= 0.3 is 0 Å². The lowest BCUT2D eigenvalue weighted by Crippen LogP contribution is -2.15. The van der Waals surface area contributed by atoms with Crippen LogP contribution < -0.4 is 15.4 Å². The first kappa shape index (κ1) is 17.1. The van der Waals surface area contributed by atoms with Crippen molar-refractivity contribution in [1.29, 1.82) is 0 Å². The maximum absolute atomic E-state index is 12.1. The fourth-order valence-electron chi connectivity index (χ4n) is 2.70. The van der Waals surface area contributed by atoms with Crippen LogP contribution in [0.2, 0.25) is 0 Å².